The quantitative estimate of drug-likeness (QED) is 0.145. The van der Waals surface area contributed by atoms with Crippen molar-refractivity contribution in [3.63, 3.8) is 0 Å². The molecule has 1 aliphatic heterocycles. The normalized spacial score (nSPS) is 17.3. The number of carbonyl (C=O) groups excluding carboxylic acids is 3. The van der Waals surface area contributed by atoms with Gasteiger partial charge in [-0.2, -0.15) is 0 Å². The van der Waals surface area contributed by atoms with Crippen LogP contribution in [0.5, 0.6) is 0 Å². The minimum Gasteiger partial charge on any atom is -0.507 e. The molecule has 1 unspecified atom stereocenters. The van der Waals surface area contributed by atoms with Crippen LogP contribution in [0.4, 0.5) is 5.69 Å². The summed E-state index contributed by atoms with van der Waals surface area (Å²) >= 11 is 0. The monoisotopic (exact) mass is 484 g/mol. The summed E-state index contributed by atoms with van der Waals surface area (Å²) in [7, 11) is 5.00. The number of hydrogen-bond acceptors (Lipinski definition) is 8. The van der Waals surface area contributed by atoms with E-state index in [2.05, 4.69) is 4.98 Å². The number of non-ortho nitro benzene ring substituents is 1. The number of nitro benzene ring substituents is 1. The van der Waals surface area contributed by atoms with Gasteiger partial charge in [0.1, 0.15) is 11.5 Å². The second-order valence-electron chi connectivity index (χ2n) is 8.61. The number of nitrogens with zero attached hydrogens (tertiary/aromatic N) is 3. The van der Waals surface area contributed by atoms with E-state index in [-0.39, 0.29) is 29.1 Å². The Kier molecular flexibility index (Phi) is 7.39. The van der Waals surface area contributed by atoms with Crippen LogP contribution in [0.1, 0.15) is 45.3 Å². The van der Waals surface area contributed by atoms with Gasteiger partial charge in [0.25, 0.3) is 17.4 Å². The Morgan fingerprint density at radius 2 is 1.86 bits per heavy atom. The third-order valence-electron chi connectivity index (χ3n) is 6.03. The van der Waals surface area contributed by atoms with E-state index >= 15 is 0 Å². The number of Topliss-reactive ketones (excluding diaryl/α,β-unsaturated/α-hetero) is 1. The zero-order chi connectivity index (χ0) is 26.0. The van der Waals surface area contributed by atoms with Gasteiger partial charge in [0.15, 0.2) is 0 Å². The Bertz CT molecular complexity index is 1210. The highest BCUT2D eigenvalue weighted by Gasteiger charge is 2.46. The first kappa shape index (κ1) is 25.6. The first-order valence-electron chi connectivity index (χ1n) is 10.9. The van der Waals surface area contributed by atoms with Crippen molar-refractivity contribution in [3.8, 4) is 0 Å². The van der Waals surface area contributed by atoms with Gasteiger partial charge in [-0.25, -0.2) is 4.79 Å². The summed E-state index contributed by atoms with van der Waals surface area (Å²) in [5.41, 5.74) is 1.30. The van der Waals surface area contributed by atoms with Gasteiger partial charge in [-0.1, -0.05) is 0 Å². The number of esters is 1. The lowest BCUT2D eigenvalue weighted by molar-refractivity contribution is -0.384. The number of carbonyl (C=O) groups is 3. The number of aromatic nitrogens is 1. The summed E-state index contributed by atoms with van der Waals surface area (Å²) in [6, 6.07) is 4.57. The number of hydrogen-bond donors (Lipinski definition) is 2. The second kappa shape index (κ2) is 10.1. The molecular formula is C24H28N4O7. The number of ether oxygens (including phenoxy) is 1. The molecule has 35 heavy (non-hydrogen) atoms. The van der Waals surface area contributed by atoms with Crippen LogP contribution in [0, 0.1) is 24.0 Å². The number of H-pyrrole nitrogens is 1. The van der Waals surface area contributed by atoms with Crippen LogP contribution in [0.3, 0.4) is 0 Å². The average molecular weight is 485 g/mol. The van der Waals surface area contributed by atoms with E-state index in [0.29, 0.717) is 29.8 Å². The summed E-state index contributed by atoms with van der Waals surface area (Å²) in [5, 5.41) is 22.4. The van der Waals surface area contributed by atoms with E-state index in [9.17, 15) is 29.6 Å². The number of aromatic amines is 1. The standard InChI is InChI=1S/C24H28N4O7/c1-13-17(14(2)25-19(13)24(32)35-5)21(29)18-20(15-7-9-16(10-8-15)28(33)34)27(23(31)22(18)30)12-6-11-26(3)4/h7-10,20,25,29H,6,11-12H2,1-5H3/b21-18-. The largest absolute Gasteiger partial charge is 0.507 e. The summed E-state index contributed by atoms with van der Waals surface area (Å²) in [4.78, 5) is 55.1. The minimum atomic E-state index is -0.951. The van der Waals surface area contributed by atoms with E-state index < -0.39 is 34.4 Å². The van der Waals surface area contributed by atoms with Gasteiger partial charge in [0.05, 0.1) is 23.6 Å². The van der Waals surface area contributed by atoms with Gasteiger partial charge in [-0.3, -0.25) is 19.7 Å². The van der Waals surface area contributed by atoms with Crippen LogP contribution in [0.25, 0.3) is 5.76 Å². The molecule has 1 saturated heterocycles. The number of aliphatic hydroxyl groups excluding tert-OH is 1. The Morgan fingerprint density at radius 3 is 2.40 bits per heavy atom. The fraction of sp³-hybridized carbons (Fsp3) is 0.375. The number of likely N-dealkylation sites (tertiary alicyclic amines) is 1. The maximum atomic E-state index is 13.2. The highest BCUT2D eigenvalue weighted by molar-refractivity contribution is 6.46. The molecule has 0 aliphatic carbocycles. The van der Waals surface area contributed by atoms with Gasteiger partial charge < -0.3 is 24.6 Å². The number of ketones is 1. The number of aliphatic hydroxyl groups is 1. The van der Waals surface area contributed by atoms with Crippen molar-refractivity contribution in [2.45, 2.75) is 26.3 Å². The predicted octanol–water partition coefficient (Wildman–Crippen LogP) is 2.70. The number of amides is 1. The Morgan fingerprint density at radius 1 is 1.23 bits per heavy atom. The van der Waals surface area contributed by atoms with Gasteiger partial charge in [-0.05, 0) is 64.2 Å². The molecule has 1 aliphatic rings. The summed E-state index contributed by atoms with van der Waals surface area (Å²) in [6.45, 7) is 4.12. The number of rotatable bonds is 8. The molecule has 2 N–H and O–H groups in total. The lowest BCUT2D eigenvalue weighted by atomic mass is 9.94. The molecule has 1 fully saturated rings. The highest BCUT2D eigenvalue weighted by atomic mass is 16.6. The molecule has 2 aromatic rings. The molecule has 11 nitrogen and oxygen atoms in total. The van der Waals surface area contributed by atoms with Gasteiger partial charge in [0.2, 0.25) is 0 Å². The Hall–Kier alpha value is -3.99. The van der Waals surface area contributed by atoms with Crippen LogP contribution < -0.4 is 0 Å². The van der Waals surface area contributed by atoms with E-state index in [1.54, 1.807) is 13.8 Å². The third-order valence-corrected chi connectivity index (χ3v) is 6.03. The number of methoxy groups -OCH3 is 1. The lowest BCUT2D eigenvalue weighted by Crippen LogP contribution is -2.32. The number of nitrogens with one attached hydrogen (secondary N) is 1. The molecule has 0 bridgehead atoms. The van der Waals surface area contributed by atoms with Crippen LogP contribution >= 0.6 is 0 Å². The van der Waals surface area contributed by atoms with Crippen molar-refractivity contribution in [3.05, 3.63) is 68.0 Å². The van der Waals surface area contributed by atoms with E-state index in [4.69, 9.17) is 4.74 Å². The van der Waals surface area contributed by atoms with Crippen LogP contribution in [-0.2, 0) is 14.3 Å². The van der Waals surface area contributed by atoms with Crippen LogP contribution in [-0.4, -0.2) is 76.8 Å². The van der Waals surface area contributed by atoms with Crippen molar-refractivity contribution < 1.29 is 29.2 Å². The van der Waals surface area contributed by atoms with E-state index in [1.165, 1.54) is 36.3 Å². The highest BCUT2D eigenvalue weighted by Crippen LogP contribution is 2.41. The molecule has 3 rings (SSSR count). The van der Waals surface area contributed by atoms with Crippen LogP contribution in [0.15, 0.2) is 29.8 Å². The van der Waals surface area contributed by atoms with Gasteiger partial charge in [-0.15, -0.1) is 0 Å². The maximum Gasteiger partial charge on any atom is 0.354 e. The Labute approximate surface area is 202 Å². The van der Waals surface area contributed by atoms with Crippen molar-refractivity contribution >= 4 is 29.1 Å². The van der Waals surface area contributed by atoms with Crippen molar-refractivity contribution in [1.82, 2.24) is 14.8 Å². The van der Waals surface area contributed by atoms with E-state index in [0.717, 1.165) is 0 Å². The SMILES string of the molecule is COC(=O)c1[nH]c(C)c(/C(O)=C2/C(=O)C(=O)N(CCCN(C)C)C2c2ccc([N+](=O)[O-])cc2)c1C. The molecule has 1 amide bonds. The predicted molar refractivity (Wildman–Crippen MR) is 127 cm³/mol. The molecule has 1 aromatic carbocycles. The topological polar surface area (TPSA) is 146 Å². The first-order chi connectivity index (χ1) is 16.5. The zero-order valence-electron chi connectivity index (χ0n) is 20.2. The van der Waals surface area contributed by atoms with Crippen molar-refractivity contribution in [2.75, 3.05) is 34.3 Å². The summed E-state index contributed by atoms with van der Waals surface area (Å²) < 4.78 is 4.77. The first-order valence-corrected chi connectivity index (χ1v) is 10.9. The lowest BCUT2D eigenvalue weighted by Gasteiger charge is -2.26. The van der Waals surface area contributed by atoms with Gasteiger partial charge >= 0.3 is 5.97 Å². The minimum absolute atomic E-state index is 0.124. The molecule has 11 heteroatoms. The Balaban J connectivity index is 2.18. The number of aryl methyl sites for hydroxylation is 1. The zero-order valence-corrected chi connectivity index (χ0v) is 20.2. The second-order valence-corrected chi connectivity index (χ2v) is 8.61. The third kappa shape index (κ3) is 4.80. The molecule has 1 aromatic heterocycles. The molecule has 1 atom stereocenters. The van der Waals surface area contributed by atoms with E-state index in [1.807, 2.05) is 19.0 Å². The molecule has 0 spiro atoms. The number of benzene rings is 1. The molecule has 186 valence electrons. The molecule has 0 radical (unpaired) electrons. The van der Waals surface area contributed by atoms with Gasteiger partial charge in [0, 0.05) is 29.9 Å². The summed E-state index contributed by atoms with van der Waals surface area (Å²) in [5.74, 6) is -2.70. The fourth-order valence-electron chi connectivity index (χ4n) is 4.34. The van der Waals surface area contributed by atoms with Crippen molar-refractivity contribution in [1.29, 1.82) is 0 Å². The molecular weight excluding hydrogens is 456 g/mol. The smallest absolute Gasteiger partial charge is 0.354 e. The average Bonchev–Trinajstić information content (AvgIpc) is 3.25. The molecule has 2 heterocycles. The number of nitro groups is 1. The van der Waals surface area contributed by atoms with Crippen LogP contribution in [0.2, 0.25) is 0 Å². The summed E-state index contributed by atoms with van der Waals surface area (Å²) in [6.07, 6.45) is 0.568. The maximum absolute atomic E-state index is 13.2. The fourth-order valence-corrected chi connectivity index (χ4v) is 4.34. The van der Waals surface area contributed by atoms with Crippen molar-refractivity contribution in [2.24, 2.45) is 0 Å². The molecule has 0 saturated carbocycles.